The molecule has 9 nitrogen and oxygen atoms in total. The number of aliphatic hydroxyl groups excluding tert-OH is 1. The largest absolute Gasteiger partial charge is 0.388 e. The number of nitrogens with zero attached hydrogens (tertiary/aromatic N) is 2. The molecular weight excluding hydrogens is 572 g/mol. The van der Waals surface area contributed by atoms with Crippen molar-refractivity contribution in [1.29, 1.82) is 0 Å². The van der Waals surface area contributed by atoms with Crippen molar-refractivity contribution < 1.29 is 33.8 Å². The fraction of sp³-hybridized carbons (Fsp3) is 0.722. The van der Waals surface area contributed by atoms with Crippen molar-refractivity contribution in [3.63, 3.8) is 0 Å². The second kappa shape index (κ2) is 18.5. The van der Waals surface area contributed by atoms with Crippen LogP contribution in [0.2, 0.25) is 0 Å². The van der Waals surface area contributed by atoms with Gasteiger partial charge in [0.05, 0.1) is 36.8 Å². The van der Waals surface area contributed by atoms with Crippen LogP contribution in [0.15, 0.2) is 30.3 Å². The molecule has 9 heteroatoms. The maximum absolute atomic E-state index is 13.9. The molecule has 1 aliphatic rings. The first kappa shape index (κ1) is 38.6. The SMILES string of the molecule is CC[C@H](C)[C@@H]([C@@H](CC(=O)N1CCC[C@H]1[C@@H](CC(=O)C[C@H](C)[C@@H](O)c1ccccc1)OC)OC)N(C)C(=O)[C@@H](CC(C)=O)C(C)C. The summed E-state index contributed by atoms with van der Waals surface area (Å²) >= 11 is 0. The normalized spacial score (nSPS) is 19.8. The number of amides is 2. The molecule has 2 rings (SSSR count). The van der Waals surface area contributed by atoms with Crippen molar-refractivity contribution in [2.75, 3.05) is 27.8 Å². The lowest BCUT2D eigenvalue weighted by atomic mass is 9.86. The Labute approximate surface area is 271 Å². The summed E-state index contributed by atoms with van der Waals surface area (Å²) in [5.74, 6) is -0.895. The van der Waals surface area contributed by atoms with Crippen molar-refractivity contribution in [3.8, 4) is 0 Å². The standard InChI is InChI=1S/C36H58N2O7/c1-10-24(4)34(37(7)36(43)29(23(2)3)20-26(6)39)32(45-9)22-33(41)38-18-14-17-30(38)31(44-8)21-28(40)19-25(5)35(42)27-15-12-11-13-16-27/h11-13,15-16,23-25,29-32,34-35,42H,10,14,17-22H2,1-9H3/t24-,25-,29-,30-,31+,32+,34-,35+/m0/s1. The van der Waals surface area contributed by atoms with Crippen molar-refractivity contribution in [1.82, 2.24) is 9.80 Å². The van der Waals surface area contributed by atoms with Crippen LogP contribution in [0.1, 0.15) is 98.2 Å². The lowest BCUT2D eigenvalue weighted by Gasteiger charge is -2.40. The van der Waals surface area contributed by atoms with Gasteiger partial charge in [-0.3, -0.25) is 14.4 Å². The first-order chi connectivity index (χ1) is 21.3. The van der Waals surface area contributed by atoms with E-state index in [2.05, 4.69) is 13.8 Å². The molecule has 0 aliphatic carbocycles. The van der Waals surface area contributed by atoms with Gasteiger partial charge in [0.2, 0.25) is 11.8 Å². The van der Waals surface area contributed by atoms with Crippen LogP contribution < -0.4 is 0 Å². The predicted octanol–water partition coefficient (Wildman–Crippen LogP) is 5.24. The van der Waals surface area contributed by atoms with Crippen molar-refractivity contribution >= 4 is 23.4 Å². The van der Waals surface area contributed by atoms with Gasteiger partial charge in [-0.25, -0.2) is 0 Å². The summed E-state index contributed by atoms with van der Waals surface area (Å²) < 4.78 is 11.7. The van der Waals surface area contributed by atoms with Crippen molar-refractivity contribution in [2.45, 2.75) is 117 Å². The molecule has 0 bridgehead atoms. The van der Waals surface area contributed by atoms with E-state index in [1.807, 2.05) is 56.0 Å². The number of likely N-dealkylation sites (N-methyl/N-ethyl adjacent to an activating group) is 1. The predicted molar refractivity (Wildman–Crippen MR) is 175 cm³/mol. The minimum atomic E-state index is -0.742. The number of carbonyl (C=O) groups is 4. The molecule has 0 radical (unpaired) electrons. The van der Waals surface area contributed by atoms with E-state index in [0.717, 1.165) is 24.8 Å². The molecule has 1 N–H and O–H groups in total. The third-order valence-corrected chi connectivity index (χ3v) is 9.72. The number of hydrogen-bond acceptors (Lipinski definition) is 7. The van der Waals surface area contributed by atoms with Crippen LogP contribution in [-0.4, -0.2) is 90.4 Å². The maximum Gasteiger partial charge on any atom is 0.226 e. The summed E-state index contributed by atoms with van der Waals surface area (Å²) in [5.41, 5.74) is 0.781. The number of aliphatic hydroxyl groups is 1. The van der Waals surface area contributed by atoms with Gasteiger partial charge in [0.15, 0.2) is 0 Å². The molecule has 1 heterocycles. The highest BCUT2D eigenvalue weighted by Gasteiger charge is 2.41. The summed E-state index contributed by atoms with van der Waals surface area (Å²) in [6.45, 7) is 11.9. The van der Waals surface area contributed by atoms with Crippen LogP contribution in [0.3, 0.4) is 0 Å². The first-order valence-electron chi connectivity index (χ1n) is 16.6. The molecule has 0 unspecified atom stereocenters. The number of Topliss-reactive ketones (excluding diaryl/α,β-unsaturated/α-hetero) is 2. The molecule has 1 saturated heterocycles. The number of likely N-dealkylation sites (tertiary alicyclic amines) is 1. The number of hydrogen-bond donors (Lipinski definition) is 1. The fourth-order valence-electron chi connectivity index (χ4n) is 6.82. The Morgan fingerprint density at radius 1 is 0.956 bits per heavy atom. The number of methoxy groups -OCH3 is 2. The van der Waals surface area contributed by atoms with Crippen molar-refractivity contribution in [3.05, 3.63) is 35.9 Å². The highest BCUT2D eigenvalue weighted by Crippen LogP contribution is 2.30. The monoisotopic (exact) mass is 630 g/mol. The van der Waals surface area contributed by atoms with Crippen LogP contribution in [-0.2, 0) is 28.7 Å². The minimum Gasteiger partial charge on any atom is -0.388 e. The number of ether oxygens (including phenoxy) is 2. The molecule has 8 atom stereocenters. The van der Waals surface area contributed by atoms with E-state index in [9.17, 15) is 24.3 Å². The van der Waals surface area contributed by atoms with Gasteiger partial charge in [0.1, 0.15) is 11.6 Å². The van der Waals surface area contributed by atoms with E-state index in [1.165, 1.54) is 6.92 Å². The Kier molecular flexibility index (Phi) is 15.9. The molecule has 1 aliphatic heterocycles. The number of ketones is 2. The lowest BCUT2D eigenvalue weighted by molar-refractivity contribution is -0.148. The second-order valence-corrected chi connectivity index (χ2v) is 13.4. The molecule has 0 aromatic heterocycles. The van der Waals surface area contributed by atoms with E-state index >= 15 is 0 Å². The lowest BCUT2D eigenvalue weighted by Crippen LogP contribution is -2.53. The number of carbonyl (C=O) groups excluding carboxylic acids is 4. The van der Waals surface area contributed by atoms with Gasteiger partial charge in [-0.2, -0.15) is 0 Å². The van der Waals surface area contributed by atoms with Crippen LogP contribution >= 0.6 is 0 Å². The average Bonchev–Trinajstić information content (AvgIpc) is 3.51. The summed E-state index contributed by atoms with van der Waals surface area (Å²) in [4.78, 5) is 56.2. The third kappa shape index (κ3) is 10.7. The molecular formula is C36H58N2O7. The Hall–Kier alpha value is -2.62. The third-order valence-electron chi connectivity index (χ3n) is 9.72. The summed E-state index contributed by atoms with van der Waals surface area (Å²) in [6.07, 6.45) is 1.20. The molecule has 0 spiro atoms. The van der Waals surface area contributed by atoms with E-state index in [4.69, 9.17) is 9.47 Å². The Bertz CT molecular complexity index is 1090. The zero-order chi connectivity index (χ0) is 33.8. The highest BCUT2D eigenvalue weighted by molar-refractivity contribution is 5.86. The van der Waals surface area contributed by atoms with Crippen molar-refractivity contribution in [2.24, 2.45) is 23.7 Å². The number of benzene rings is 1. The van der Waals surface area contributed by atoms with Gasteiger partial charge in [0, 0.05) is 53.0 Å². The zero-order valence-corrected chi connectivity index (χ0v) is 29.0. The molecule has 2 amide bonds. The average molecular weight is 631 g/mol. The fourth-order valence-corrected chi connectivity index (χ4v) is 6.82. The Morgan fingerprint density at radius 2 is 1.60 bits per heavy atom. The van der Waals surface area contributed by atoms with Gasteiger partial charge >= 0.3 is 0 Å². The molecule has 1 aromatic rings. The Morgan fingerprint density at radius 3 is 2.13 bits per heavy atom. The van der Waals surface area contributed by atoms with Crippen LogP contribution in [0.5, 0.6) is 0 Å². The van der Waals surface area contributed by atoms with Gasteiger partial charge in [0.25, 0.3) is 0 Å². The minimum absolute atomic E-state index is 0.00676. The summed E-state index contributed by atoms with van der Waals surface area (Å²) in [5, 5.41) is 10.7. The van der Waals surface area contributed by atoms with Crippen LogP contribution in [0.25, 0.3) is 0 Å². The quantitative estimate of drug-likeness (QED) is 0.222. The van der Waals surface area contributed by atoms with Gasteiger partial charge < -0.3 is 29.2 Å². The molecule has 1 fully saturated rings. The van der Waals surface area contributed by atoms with Crippen LogP contribution in [0, 0.1) is 23.7 Å². The second-order valence-electron chi connectivity index (χ2n) is 13.4. The molecule has 0 saturated carbocycles. The van der Waals surface area contributed by atoms with Gasteiger partial charge in [-0.05, 0) is 43.1 Å². The summed E-state index contributed by atoms with van der Waals surface area (Å²) in [6, 6.07) is 8.72. The summed E-state index contributed by atoms with van der Waals surface area (Å²) in [7, 11) is 4.90. The van der Waals surface area contributed by atoms with Crippen LogP contribution in [0.4, 0.5) is 0 Å². The maximum atomic E-state index is 13.9. The van der Waals surface area contributed by atoms with Gasteiger partial charge in [-0.15, -0.1) is 0 Å². The van der Waals surface area contributed by atoms with E-state index in [-0.39, 0.29) is 78.9 Å². The Balaban J connectivity index is 2.15. The molecule has 1 aromatic carbocycles. The topological polar surface area (TPSA) is 113 Å². The molecule has 45 heavy (non-hydrogen) atoms. The highest BCUT2D eigenvalue weighted by atomic mass is 16.5. The zero-order valence-electron chi connectivity index (χ0n) is 29.0. The molecule has 254 valence electrons. The first-order valence-corrected chi connectivity index (χ1v) is 16.6. The number of rotatable bonds is 19. The van der Waals surface area contributed by atoms with Gasteiger partial charge in [-0.1, -0.05) is 71.4 Å². The van der Waals surface area contributed by atoms with E-state index in [1.54, 1.807) is 26.2 Å². The smallest absolute Gasteiger partial charge is 0.226 e. The van der Waals surface area contributed by atoms with E-state index < -0.39 is 24.2 Å². The van der Waals surface area contributed by atoms with E-state index in [0.29, 0.717) is 6.54 Å².